The molecule has 2 N–H and O–H groups in total. The smallest absolute Gasteiger partial charge is 0.191 e. The number of hydrogen-bond acceptors (Lipinski definition) is 2. The maximum atomic E-state index is 5.36. The van der Waals surface area contributed by atoms with Gasteiger partial charge in [-0.05, 0) is 50.5 Å². The third kappa shape index (κ3) is 7.83. The minimum atomic E-state index is 0. The van der Waals surface area contributed by atoms with Crippen LogP contribution in [0.4, 0.5) is 0 Å². The molecule has 0 aliphatic heterocycles. The maximum Gasteiger partial charge on any atom is 0.191 e. The van der Waals surface area contributed by atoms with Gasteiger partial charge in [-0.1, -0.05) is 30.3 Å². The van der Waals surface area contributed by atoms with E-state index in [1.165, 1.54) is 12.0 Å². The number of ether oxygens (including phenoxy) is 1. The molecule has 2 rings (SSSR count). The second-order valence-electron chi connectivity index (χ2n) is 6.06. The summed E-state index contributed by atoms with van der Waals surface area (Å²) in [5.41, 5.74) is 1.46. The molecule has 1 aliphatic carbocycles. The van der Waals surface area contributed by atoms with Gasteiger partial charge in [0.05, 0.1) is 0 Å². The van der Waals surface area contributed by atoms with E-state index in [2.05, 4.69) is 47.9 Å². The average Bonchev–Trinajstić information content (AvgIpc) is 3.36. The van der Waals surface area contributed by atoms with E-state index in [0.717, 1.165) is 51.6 Å². The summed E-state index contributed by atoms with van der Waals surface area (Å²) in [5.74, 6) is 2.35. The van der Waals surface area contributed by atoms with Crippen LogP contribution in [0, 0.1) is 5.92 Å². The molecule has 2 unspecified atom stereocenters. The van der Waals surface area contributed by atoms with Crippen LogP contribution in [-0.2, 0) is 4.74 Å². The summed E-state index contributed by atoms with van der Waals surface area (Å²) < 4.78 is 5.36. The molecule has 0 aromatic heterocycles. The maximum absolute atomic E-state index is 5.36. The first kappa shape index (κ1) is 21.2. The average molecular weight is 445 g/mol. The number of halogens is 1. The zero-order valence-corrected chi connectivity index (χ0v) is 17.3. The Morgan fingerprint density at radius 2 is 1.96 bits per heavy atom. The number of hydrogen-bond donors (Lipinski definition) is 2. The number of nitrogens with one attached hydrogen (secondary N) is 2. The monoisotopic (exact) mass is 445 g/mol. The van der Waals surface area contributed by atoms with Gasteiger partial charge in [-0.25, -0.2) is 0 Å². The van der Waals surface area contributed by atoms with Crippen LogP contribution in [0.3, 0.4) is 0 Å². The van der Waals surface area contributed by atoms with E-state index < -0.39 is 0 Å². The molecule has 0 radical (unpaired) electrons. The third-order valence-electron chi connectivity index (χ3n) is 4.19. The second kappa shape index (κ2) is 12.5. The number of guanidine groups is 1. The zero-order valence-electron chi connectivity index (χ0n) is 15.0. The Balaban J connectivity index is 0.00000288. The van der Waals surface area contributed by atoms with E-state index in [9.17, 15) is 0 Å². The lowest BCUT2D eigenvalue weighted by molar-refractivity contribution is 0.143. The van der Waals surface area contributed by atoms with Crippen molar-refractivity contribution in [1.82, 2.24) is 10.6 Å². The third-order valence-corrected chi connectivity index (χ3v) is 4.19. The van der Waals surface area contributed by atoms with Crippen LogP contribution in [0.15, 0.2) is 35.3 Å². The van der Waals surface area contributed by atoms with Crippen LogP contribution < -0.4 is 10.6 Å². The molecule has 1 aliphatic rings. The van der Waals surface area contributed by atoms with Crippen LogP contribution in [0.25, 0.3) is 0 Å². The molecule has 0 saturated heterocycles. The first-order chi connectivity index (χ1) is 11.3. The Kier molecular flexibility index (Phi) is 11.1. The van der Waals surface area contributed by atoms with Gasteiger partial charge in [0, 0.05) is 32.8 Å². The topological polar surface area (TPSA) is 45.7 Å². The van der Waals surface area contributed by atoms with Crippen molar-refractivity contribution in [1.29, 1.82) is 0 Å². The predicted molar refractivity (Wildman–Crippen MR) is 112 cm³/mol. The van der Waals surface area contributed by atoms with Crippen LogP contribution in [-0.4, -0.2) is 38.8 Å². The van der Waals surface area contributed by atoms with E-state index >= 15 is 0 Å². The minimum Gasteiger partial charge on any atom is -0.382 e. The molecular formula is C19H32IN3O. The molecular weight excluding hydrogens is 413 g/mol. The highest BCUT2D eigenvalue weighted by Crippen LogP contribution is 2.47. The lowest BCUT2D eigenvalue weighted by Gasteiger charge is -2.11. The Labute approximate surface area is 163 Å². The molecule has 1 aromatic rings. The second-order valence-corrected chi connectivity index (χ2v) is 6.06. The molecule has 0 heterocycles. The Morgan fingerprint density at radius 1 is 1.17 bits per heavy atom. The van der Waals surface area contributed by atoms with Crippen molar-refractivity contribution in [2.45, 2.75) is 39.0 Å². The van der Waals surface area contributed by atoms with Gasteiger partial charge in [0.15, 0.2) is 5.96 Å². The molecule has 5 heteroatoms. The van der Waals surface area contributed by atoms with Crippen LogP contribution in [0.5, 0.6) is 0 Å². The standard InChI is InChI=1S/C19H31N3O.HI/c1-3-20-19(21-12-8-9-13-23-4-2)22-15-17-14-18(17)16-10-6-5-7-11-16;/h5-7,10-11,17-18H,3-4,8-9,12-15H2,1-2H3,(H2,20,21,22);1H. The summed E-state index contributed by atoms with van der Waals surface area (Å²) in [4.78, 5) is 4.75. The lowest BCUT2D eigenvalue weighted by atomic mass is 10.1. The van der Waals surface area contributed by atoms with Crippen molar-refractivity contribution < 1.29 is 4.74 Å². The van der Waals surface area contributed by atoms with Gasteiger partial charge < -0.3 is 15.4 Å². The Morgan fingerprint density at radius 3 is 2.67 bits per heavy atom. The van der Waals surface area contributed by atoms with Crippen LogP contribution in [0.1, 0.15) is 44.6 Å². The zero-order chi connectivity index (χ0) is 16.3. The van der Waals surface area contributed by atoms with Gasteiger partial charge in [0.2, 0.25) is 0 Å². The van der Waals surface area contributed by atoms with Crippen molar-refractivity contribution in [3.63, 3.8) is 0 Å². The predicted octanol–water partition coefficient (Wildman–Crippen LogP) is 3.78. The highest BCUT2D eigenvalue weighted by atomic mass is 127. The quantitative estimate of drug-likeness (QED) is 0.249. The summed E-state index contributed by atoms with van der Waals surface area (Å²) in [5, 5.41) is 6.75. The van der Waals surface area contributed by atoms with Gasteiger partial charge >= 0.3 is 0 Å². The fourth-order valence-electron chi connectivity index (χ4n) is 2.79. The van der Waals surface area contributed by atoms with Crippen molar-refractivity contribution in [3.05, 3.63) is 35.9 Å². The normalized spacial score (nSPS) is 19.5. The number of nitrogens with zero attached hydrogens (tertiary/aromatic N) is 1. The van der Waals surface area contributed by atoms with Crippen molar-refractivity contribution in [3.8, 4) is 0 Å². The Bertz CT molecular complexity index is 467. The fourth-order valence-corrected chi connectivity index (χ4v) is 2.79. The molecule has 24 heavy (non-hydrogen) atoms. The van der Waals surface area contributed by atoms with Crippen molar-refractivity contribution in [2.24, 2.45) is 10.9 Å². The molecule has 4 nitrogen and oxygen atoms in total. The molecule has 1 saturated carbocycles. The fraction of sp³-hybridized carbons (Fsp3) is 0.632. The number of benzene rings is 1. The molecule has 2 atom stereocenters. The first-order valence-corrected chi connectivity index (χ1v) is 9.00. The largest absolute Gasteiger partial charge is 0.382 e. The van der Waals surface area contributed by atoms with E-state index in [4.69, 9.17) is 9.73 Å². The number of rotatable bonds is 10. The molecule has 136 valence electrons. The Hall–Kier alpha value is -0.820. The van der Waals surface area contributed by atoms with E-state index in [-0.39, 0.29) is 24.0 Å². The summed E-state index contributed by atoms with van der Waals surface area (Å²) in [7, 11) is 0. The first-order valence-electron chi connectivity index (χ1n) is 9.00. The van der Waals surface area contributed by atoms with E-state index in [1.54, 1.807) is 0 Å². The van der Waals surface area contributed by atoms with Gasteiger partial charge in [0.1, 0.15) is 0 Å². The van der Waals surface area contributed by atoms with E-state index in [0.29, 0.717) is 11.8 Å². The minimum absolute atomic E-state index is 0. The molecule has 0 spiro atoms. The highest BCUT2D eigenvalue weighted by molar-refractivity contribution is 14.0. The number of unbranched alkanes of at least 4 members (excludes halogenated alkanes) is 1. The summed E-state index contributed by atoms with van der Waals surface area (Å²) in [6.45, 7) is 8.57. The van der Waals surface area contributed by atoms with Gasteiger partial charge in [-0.3, -0.25) is 4.99 Å². The molecule has 1 aromatic carbocycles. The molecule has 0 amide bonds. The highest BCUT2D eigenvalue weighted by Gasteiger charge is 2.37. The summed E-state index contributed by atoms with van der Waals surface area (Å²) in [6, 6.07) is 10.8. The van der Waals surface area contributed by atoms with Crippen molar-refractivity contribution in [2.75, 3.05) is 32.8 Å². The summed E-state index contributed by atoms with van der Waals surface area (Å²) in [6.07, 6.45) is 3.47. The summed E-state index contributed by atoms with van der Waals surface area (Å²) >= 11 is 0. The lowest BCUT2D eigenvalue weighted by Crippen LogP contribution is -2.38. The van der Waals surface area contributed by atoms with E-state index in [1.807, 2.05) is 6.92 Å². The number of aliphatic imine (C=N–C) groups is 1. The van der Waals surface area contributed by atoms with Gasteiger partial charge in [-0.15, -0.1) is 24.0 Å². The van der Waals surface area contributed by atoms with Gasteiger partial charge in [-0.2, -0.15) is 0 Å². The van der Waals surface area contributed by atoms with Crippen LogP contribution >= 0.6 is 24.0 Å². The SMILES string of the molecule is CCNC(=NCC1CC1c1ccccc1)NCCCCOCC.I. The van der Waals surface area contributed by atoms with Gasteiger partial charge in [0.25, 0.3) is 0 Å². The van der Waals surface area contributed by atoms with Crippen molar-refractivity contribution >= 4 is 29.9 Å². The molecule has 0 bridgehead atoms. The van der Waals surface area contributed by atoms with Crippen LogP contribution in [0.2, 0.25) is 0 Å². The molecule has 1 fully saturated rings.